The number of nitrogens with zero attached hydrogens (tertiary/aromatic N) is 2. The van der Waals surface area contributed by atoms with Crippen molar-refractivity contribution < 1.29 is 9.53 Å². The molecule has 2 aliphatic heterocycles. The number of amidine groups is 1. The molecule has 3 aliphatic rings. The highest BCUT2D eigenvalue weighted by Crippen LogP contribution is 2.32. The van der Waals surface area contributed by atoms with Gasteiger partial charge >= 0.3 is 6.02 Å². The summed E-state index contributed by atoms with van der Waals surface area (Å²) in [7, 11) is 0. The number of aliphatic imine (C=N–C) groups is 1. The molecule has 0 bridgehead atoms. The number of carbonyl (C=O) groups excluding carboxylic acids is 1. The van der Waals surface area contributed by atoms with Crippen LogP contribution in [0.25, 0.3) is 6.08 Å². The predicted octanol–water partition coefficient (Wildman–Crippen LogP) is 2.72. The molecule has 1 aromatic rings. The van der Waals surface area contributed by atoms with Crippen molar-refractivity contribution in [2.45, 2.75) is 6.42 Å². The summed E-state index contributed by atoms with van der Waals surface area (Å²) < 4.78 is 5.74. The van der Waals surface area contributed by atoms with Gasteiger partial charge in [0, 0.05) is 0 Å². The minimum Gasteiger partial charge on any atom is -0.428 e. The Morgan fingerprint density at radius 1 is 1.29 bits per heavy atom. The lowest BCUT2D eigenvalue weighted by Gasteiger charge is -2.27. The number of allylic oxidation sites excluding steroid dienone is 3. The van der Waals surface area contributed by atoms with E-state index in [-0.39, 0.29) is 11.8 Å². The molecule has 1 saturated heterocycles. The molecular weight excluding hydrogens is 264 g/mol. The predicted molar refractivity (Wildman–Crippen MR) is 80.0 cm³/mol. The van der Waals surface area contributed by atoms with Crippen LogP contribution in [0.15, 0.2) is 65.0 Å². The first-order valence-electron chi connectivity index (χ1n) is 7.01. The van der Waals surface area contributed by atoms with Gasteiger partial charge in [-0.3, -0.25) is 9.69 Å². The first-order chi connectivity index (χ1) is 10.3. The van der Waals surface area contributed by atoms with Gasteiger partial charge in [-0.2, -0.15) is 0 Å². The maximum atomic E-state index is 12.5. The summed E-state index contributed by atoms with van der Waals surface area (Å²) in [5, 5.41) is 0. The van der Waals surface area contributed by atoms with Gasteiger partial charge in [-0.25, -0.2) is 4.99 Å². The van der Waals surface area contributed by atoms with Crippen molar-refractivity contribution in [3.8, 4) is 0 Å². The maximum Gasteiger partial charge on any atom is 0.304 e. The van der Waals surface area contributed by atoms with Crippen molar-refractivity contribution in [1.29, 1.82) is 0 Å². The summed E-state index contributed by atoms with van der Waals surface area (Å²) in [6.45, 7) is 0.458. The zero-order chi connectivity index (χ0) is 14.2. The molecule has 4 nitrogen and oxygen atoms in total. The largest absolute Gasteiger partial charge is 0.428 e. The Balaban J connectivity index is 1.65. The van der Waals surface area contributed by atoms with Crippen LogP contribution in [0, 0.1) is 5.92 Å². The molecular formula is C17H14N2O2. The van der Waals surface area contributed by atoms with Gasteiger partial charge in [0.15, 0.2) is 0 Å². The van der Waals surface area contributed by atoms with Crippen molar-refractivity contribution >= 4 is 18.0 Å². The van der Waals surface area contributed by atoms with E-state index in [9.17, 15) is 4.79 Å². The second-order valence-electron chi connectivity index (χ2n) is 5.25. The molecule has 1 unspecified atom stereocenters. The second kappa shape index (κ2) is 4.74. The number of amides is 1. The molecule has 2 heterocycles. The molecule has 0 N–H and O–H groups in total. The number of fused-ring (bicyclic) bond motifs is 2. The number of ether oxygens (including phenoxy) is 1. The Hall–Kier alpha value is -2.62. The van der Waals surface area contributed by atoms with Crippen LogP contribution in [0.2, 0.25) is 0 Å². The first kappa shape index (κ1) is 12.1. The smallest absolute Gasteiger partial charge is 0.304 e. The SMILES string of the molecule is O=C1C2CC=CC=C2N=C2OC(=Cc3ccccc3)CN12. The molecule has 1 amide bonds. The molecule has 1 aliphatic carbocycles. The van der Waals surface area contributed by atoms with Gasteiger partial charge in [-0.05, 0) is 24.1 Å². The van der Waals surface area contributed by atoms with Gasteiger partial charge in [-0.1, -0.05) is 42.5 Å². The van der Waals surface area contributed by atoms with Crippen LogP contribution in [0.4, 0.5) is 0 Å². The maximum absolute atomic E-state index is 12.5. The van der Waals surface area contributed by atoms with Crippen LogP contribution in [0.5, 0.6) is 0 Å². The summed E-state index contributed by atoms with van der Waals surface area (Å²) in [6.07, 6.45) is 8.50. The first-order valence-corrected chi connectivity index (χ1v) is 7.01. The Labute approximate surface area is 122 Å². The molecule has 0 saturated carbocycles. The summed E-state index contributed by atoms with van der Waals surface area (Å²) in [5.74, 6) is 0.672. The molecule has 21 heavy (non-hydrogen) atoms. The molecule has 4 heteroatoms. The molecule has 0 radical (unpaired) electrons. The Morgan fingerprint density at radius 3 is 3.00 bits per heavy atom. The van der Waals surface area contributed by atoms with Gasteiger partial charge in [0.1, 0.15) is 5.76 Å². The molecule has 104 valence electrons. The van der Waals surface area contributed by atoms with Gasteiger partial charge in [0.25, 0.3) is 0 Å². The van der Waals surface area contributed by atoms with E-state index in [1.807, 2.05) is 54.6 Å². The third-order valence-electron chi connectivity index (χ3n) is 3.82. The van der Waals surface area contributed by atoms with Crippen LogP contribution in [0.3, 0.4) is 0 Å². The van der Waals surface area contributed by atoms with Gasteiger partial charge in [0.05, 0.1) is 18.2 Å². The monoisotopic (exact) mass is 278 g/mol. The van der Waals surface area contributed by atoms with Gasteiger partial charge in [0.2, 0.25) is 5.91 Å². The number of hydrogen-bond acceptors (Lipinski definition) is 3. The highest BCUT2D eigenvalue weighted by Gasteiger charge is 2.40. The fourth-order valence-corrected chi connectivity index (χ4v) is 2.75. The molecule has 0 aromatic heterocycles. The van der Waals surface area contributed by atoms with Gasteiger partial charge < -0.3 is 4.74 Å². The fraction of sp³-hybridized carbons (Fsp3) is 0.176. The minimum absolute atomic E-state index is 0.0760. The van der Waals surface area contributed by atoms with E-state index in [1.54, 1.807) is 4.90 Å². The van der Waals surface area contributed by atoms with Crippen LogP contribution in [-0.4, -0.2) is 23.4 Å². The fourth-order valence-electron chi connectivity index (χ4n) is 2.75. The highest BCUT2D eigenvalue weighted by molar-refractivity contribution is 6.02. The summed E-state index contributed by atoms with van der Waals surface area (Å²) in [5.41, 5.74) is 1.86. The Morgan fingerprint density at radius 2 is 2.14 bits per heavy atom. The average Bonchev–Trinajstić information content (AvgIpc) is 2.91. The van der Waals surface area contributed by atoms with Crippen molar-refractivity contribution in [1.82, 2.24) is 4.90 Å². The van der Waals surface area contributed by atoms with E-state index in [0.29, 0.717) is 12.6 Å². The van der Waals surface area contributed by atoms with E-state index in [1.165, 1.54) is 0 Å². The van der Waals surface area contributed by atoms with Crippen molar-refractivity contribution in [3.05, 3.63) is 65.6 Å². The number of carbonyl (C=O) groups is 1. The zero-order valence-corrected chi connectivity index (χ0v) is 11.4. The zero-order valence-electron chi connectivity index (χ0n) is 11.4. The molecule has 1 fully saturated rings. The third-order valence-corrected chi connectivity index (χ3v) is 3.82. The van der Waals surface area contributed by atoms with E-state index < -0.39 is 0 Å². The Kier molecular flexibility index (Phi) is 2.74. The molecule has 4 rings (SSSR count). The highest BCUT2D eigenvalue weighted by atomic mass is 16.5. The quantitative estimate of drug-likeness (QED) is 0.792. The summed E-state index contributed by atoms with van der Waals surface area (Å²) in [4.78, 5) is 18.6. The van der Waals surface area contributed by atoms with E-state index >= 15 is 0 Å². The van der Waals surface area contributed by atoms with Crippen LogP contribution in [0.1, 0.15) is 12.0 Å². The number of hydrogen-bond donors (Lipinski definition) is 0. The average molecular weight is 278 g/mol. The van der Waals surface area contributed by atoms with E-state index in [0.717, 1.165) is 23.4 Å². The van der Waals surface area contributed by atoms with Crippen molar-refractivity contribution in [3.63, 3.8) is 0 Å². The third kappa shape index (κ3) is 2.09. The number of benzene rings is 1. The lowest BCUT2D eigenvalue weighted by atomic mass is 9.94. The van der Waals surface area contributed by atoms with Crippen LogP contribution >= 0.6 is 0 Å². The molecule has 1 atom stereocenters. The molecule has 1 aromatic carbocycles. The second-order valence-corrected chi connectivity index (χ2v) is 5.25. The van der Waals surface area contributed by atoms with Crippen LogP contribution in [-0.2, 0) is 9.53 Å². The van der Waals surface area contributed by atoms with E-state index in [2.05, 4.69) is 4.99 Å². The molecule has 0 spiro atoms. The van der Waals surface area contributed by atoms with Gasteiger partial charge in [-0.15, -0.1) is 0 Å². The van der Waals surface area contributed by atoms with Crippen LogP contribution < -0.4 is 0 Å². The lowest BCUT2D eigenvalue weighted by molar-refractivity contribution is -0.130. The van der Waals surface area contributed by atoms with Crippen molar-refractivity contribution in [2.75, 3.05) is 6.54 Å². The minimum atomic E-state index is -0.154. The number of rotatable bonds is 1. The topological polar surface area (TPSA) is 41.9 Å². The summed E-state index contributed by atoms with van der Waals surface area (Å²) in [6, 6.07) is 10.3. The summed E-state index contributed by atoms with van der Waals surface area (Å²) >= 11 is 0. The lowest BCUT2D eigenvalue weighted by Crippen LogP contribution is -2.41. The Bertz CT molecular complexity index is 714. The standard InChI is InChI=1S/C17H14N2O2/c20-16-14-8-4-5-9-15(14)18-17-19(16)11-13(21-17)10-12-6-2-1-3-7-12/h1-7,9-10,14H,8,11H2. The van der Waals surface area contributed by atoms with Crippen molar-refractivity contribution in [2.24, 2.45) is 10.9 Å². The normalized spacial score (nSPS) is 25.1. The van der Waals surface area contributed by atoms with E-state index in [4.69, 9.17) is 4.74 Å².